The van der Waals surface area contributed by atoms with Crippen molar-refractivity contribution in [1.82, 2.24) is 4.90 Å². The van der Waals surface area contributed by atoms with Crippen molar-refractivity contribution in [2.45, 2.75) is 51.6 Å². The summed E-state index contributed by atoms with van der Waals surface area (Å²) in [5.74, 6) is -2.08. The highest BCUT2D eigenvalue weighted by Crippen LogP contribution is 2.69. The fourth-order valence-electron chi connectivity index (χ4n) is 5.02. The Bertz CT molecular complexity index is 1290. The molecule has 1 saturated carbocycles. The van der Waals surface area contributed by atoms with Gasteiger partial charge in [0, 0.05) is 12.5 Å². The normalized spacial score (nSPS) is 21.3. The number of imide groups is 1. The first-order chi connectivity index (χ1) is 16.2. The molecule has 1 unspecified atom stereocenters. The van der Waals surface area contributed by atoms with E-state index in [1.165, 1.54) is 41.3 Å². The molecule has 2 fully saturated rings. The lowest BCUT2D eigenvalue weighted by Crippen LogP contribution is -2.46. The summed E-state index contributed by atoms with van der Waals surface area (Å²) < 4.78 is 36.5. The van der Waals surface area contributed by atoms with E-state index in [0.717, 1.165) is 4.90 Å². The summed E-state index contributed by atoms with van der Waals surface area (Å²) >= 11 is 0. The minimum Gasteiger partial charge on any atom is -0.325 e. The molecule has 35 heavy (non-hydrogen) atoms. The van der Waals surface area contributed by atoms with Crippen LogP contribution in [0.25, 0.3) is 0 Å². The highest BCUT2D eigenvalue weighted by molar-refractivity contribution is 7.89. The van der Waals surface area contributed by atoms with Crippen LogP contribution in [0, 0.1) is 22.6 Å². The molecule has 8 nitrogen and oxygen atoms in total. The van der Waals surface area contributed by atoms with Gasteiger partial charge in [-0.1, -0.05) is 39.8 Å². The summed E-state index contributed by atoms with van der Waals surface area (Å²) in [5.41, 5.74) is 0.239. The molecule has 186 valence electrons. The Labute approximate surface area is 203 Å². The number of hydrogen-bond acceptors (Lipinski definition) is 5. The fraction of sp³-hybridized carbons (Fsp3) is 0.400. The summed E-state index contributed by atoms with van der Waals surface area (Å²) in [6.07, 6.45) is -0.212. The van der Waals surface area contributed by atoms with Gasteiger partial charge in [-0.15, -0.1) is 0 Å². The predicted molar refractivity (Wildman–Crippen MR) is 127 cm³/mol. The van der Waals surface area contributed by atoms with Gasteiger partial charge in [-0.05, 0) is 52.8 Å². The van der Waals surface area contributed by atoms with Crippen LogP contribution in [0.5, 0.6) is 0 Å². The smallest absolute Gasteiger partial charge is 0.257 e. The molecule has 3 amide bonds. The van der Waals surface area contributed by atoms with Crippen LogP contribution in [0.15, 0.2) is 53.4 Å². The van der Waals surface area contributed by atoms with Gasteiger partial charge in [0.05, 0.1) is 17.0 Å². The Kier molecular flexibility index (Phi) is 5.88. The molecule has 10 heteroatoms. The van der Waals surface area contributed by atoms with E-state index >= 15 is 0 Å². The van der Waals surface area contributed by atoms with Gasteiger partial charge >= 0.3 is 0 Å². The quantitative estimate of drug-likeness (QED) is 0.611. The van der Waals surface area contributed by atoms with Crippen LogP contribution in [-0.2, 0) is 31.0 Å². The molecule has 4 rings (SSSR count). The number of amides is 3. The first kappa shape index (κ1) is 25.0. The van der Waals surface area contributed by atoms with Crippen molar-refractivity contribution < 1.29 is 27.2 Å². The van der Waals surface area contributed by atoms with Crippen molar-refractivity contribution in [2.24, 2.45) is 21.9 Å². The lowest BCUT2D eigenvalue weighted by atomic mass is 10.0. The second-order valence-electron chi connectivity index (χ2n) is 10.3. The number of carbonyl (C=O) groups excluding carboxylic acids is 3. The number of nitrogens with zero attached hydrogens (tertiary/aromatic N) is 2. The number of halogens is 1. The van der Waals surface area contributed by atoms with Crippen molar-refractivity contribution in [3.05, 3.63) is 59.9 Å². The molecular weight excluding hydrogens is 473 g/mol. The summed E-state index contributed by atoms with van der Waals surface area (Å²) in [4.78, 5) is 42.4. The van der Waals surface area contributed by atoms with Crippen LogP contribution >= 0.6 is 0 Å². The zero-order chi connectivity index (χ0) is 25.9. The van der Waals surface area contributed by atoms with E-state index < -0.39 is 33.7 Å². The van der Waals surface area contributed by atoms with E-state index in [0.29, 0.717) is 5.56 Å². The summed E-state index contributed by atoms with van der Waals surface area (Å²) in [6, 6.07) is 9.71. The third-order valence-corrected chi connectivity index (χ3v) is 8.67. The van der Waals surface area contributed by atoms with Crippen molar-refractivity contribution in [1.29, 1.82) is 0 Å². The number of rotatable bonds is 6. The van der Waals surface area contributed by atoms with E-state index in [4.69, 9.17) is 5.14 Å². The molecule has 1 heterocycles. The van der Waals surface area contributed by atoms with Gasteiger partial charge in [0.15, 0.2) is 0 Å². The Morgan fingerprint density at radius 3 is 2.06 bits per heavy atom. The zero-order valence-electron chi connectivity index (χ0n) is 20.0. The standard InChI is InChI=1S/C25H28FN3O5S/c1-24(2)21(25(24,3)4)23(32)28(14-15-5-7-16(26)8-6-15)19-13-20(30)29(22(19)31)17-9-11-18(12-10-17)35(27,33)34/h5-12,19,21H,13-14H2,1-4H3,(H2,27,33,34). The molecule has 2 aliphatic rings. The van der Waals surface area contributed by atoms with Crippen LogP contribution in [-0.4, -0.2) is 37.1 Å². The second kappa shape index (κ2) is 8.23. The maximum atomic E-state index is 13.7. The van der Waals surface area contributed by atoms with Crippen LogP contribution < -0.4 is 10.0 Å². The largest absolute Gasteiger partial charge is 0.325 e. The topological polar surface area (TPSA) is 118 Å². The number of sulfonamides is 1. The molecule has 0 spiro atoms. The molecule has 0 radical (unpaired) electrons. The van der Waals surface area contributed by atoms with Gasteiger partial charge in [0.1, 0.15) is 11.9 Å². The third-order valence-electron chi connectivity index (χ3n) is 7.74. The Balaban J connectivity index is 1.66. The Morgan fingerprint density at radius 1 is 1.03 bits per heavy atom. The number of anilines is 1. The molecule has 1 saturated heterocycles. The molecule has 0 bridgehead atoms. The van der Waals surface area contributed by atoms with Gasteiger partial charge in [-0.3, -0.25) is 14.4 Å². The highest BCUT2D eigenvalue weighted by Gasteiger charge is 2.69. The molecule has 1 aliphatic carbocycles. The van der Waals surface area contributed by atoms with E-state index in [-0.39, 0.29) is 46.2 Å². The number of hydrogen-bond donors (Lipinski definition) is 1. The van der Waals surface area contributed by atoms with E-state index in [1.807, 2.05) is 27.7 Å². The molecule has 1 aliphatic heterocycles. The van der Waals surface area contributed by atoms with Gasteiger partial charge in [-0.2, -0.15) is 0 Å². The fourth-order valence-corrected chi connectivity index (χ4v) is 5.54. The average Bonchev–Trinajstić information content (AvgIpc) is 3.00. The van der Waals surface area contributed by atoms with E-state index in [2.05, 4.69) is 0 Å². The van der Waals surface area contributed by atoms with Crippen LogP contribution in [0.1, 0.15) is 39.7 Å². The summed E-state index contributed by atoms with van der Waals surface area (Å²) in [7, 11) is -3.94. The zero-order valence-corrected chi connectivity index (χ0v) is 20.8. The van der Waals surface area contributed by atoms with Crippen molar-refractivity contribution in [3.8, 4) is 0 Å². The third kappa shape index (κ3) is 4.25. The Hall–Kier alpha value is -3.11. The number of carbonyl (C=O) groups is 3. The highest BCUT2D eigenvalue weighted by atomic mass is 32.2. The number of benzene rings is 2. The van der Waals surface area contributed by atoms with Crippen molar-refractivity contribution in [2.75, 3.05) is 4.90 Å². The van der Waals surface area contributed by atoms with Crippen LogP contribution in [0.3, 0.4) is 0 Å². The van der Waals surface area contributed by atoms with Crippen molar-refractivity contribution >= 4 is 33.4 Å². The van der Waals surface area contributed by atoms with E-state index in [9.17, 15) is 27.2 Å². The minimum absolute atomic E-state index is 0.0453. The maximum absolute atomic E-state index is 13.7. The lowest BCUT2D eigenvalue weighted by Gasteiger charge is -2.29. The first-order valence-corrected chi connectivity index (χ1v) is 12.8. The van der Waals surface area contributed by atoms with Gasteiger partial charge in [0.2, 0.25) is 21.8 Å². The molecule has 2 N–H and O–H groups in total. The maximum Gasteiger partial charge on any atom is 0.257 e. The second-order valence-corrected chi connectivity index (χ2v) is 11.9. The molecule has 0 aromatic heterocycles. The van der Waals surface area contributed by atoms with Crippen molar-refractivity contribution in [3.63, 3.8) is 0 Å². The van der Waals surface area contributed by atoms with Gasteiger partial charge in [-0.25, -0.2) is 22.8 Å². The monoisotopic (exact) mass is 501 g/mol. The number of nitrogens with two attached hydrogens (primary N) is 1. The van der Waals surface area contributed by atoms with E-state index in [1.54, 1.807) is 12.1 Å². The van der Waals surface area contributed by atoms with Gasteiger partial charge in [0.25, 0.3) is 5.91 Å². The average molecular weight is 502 g/mol. The Morgan fingerprint density at radius 2 is 1.57 bits per heavy atom. The predicted octanol–water partition coefficient (Wildman–Crippen LogP) is 2.82. The summed E-state index contributed by atoms with van der Waals surface area (Å²) in [5, 5.41) is 5.13. The number of primary sulfonamides is 1. The molecule has 2 aromatic carbocycles. The molecular formula is C25H28FN3O5S. The van der Waals surface area contributed by atoms with Crippen LogP contribution in [0.2, 0.25) is 0 Å². The minimum atomic E-state index is -3.94. The SMILES string of the molecule is CC1(C)C(C(=O)N(Cc2ccc(F)cc2)C2CC(=O)N(c3ccc(S(N)(=O)=O)cc3)C2=O)C1(C)C. The molecule has 1 atom stereocenters. The first-order valence-electron chi connectivity index (χ1n) is 11.2. The lowest BCUT2D eigenvalue weighted by molar-refractivity contribution is -0.141. The van der Waals surface area contributed by atoms with Crippen LogP contribution in [0.4, 0.5) is 10.1 Å². The molecule has 2 aromatic rings. The summed E-state index contributed by atoms with van der Waals surface area (Å²) in [6.45, 7) is 8.02. The van der Waals surface area contributed by atoms with Gasteiger partial charge < -0.3 is 4.90 Å².